The van der Waals surface area contributed by atoms with Crippen molar-refractivity contribution >= 4 is 55.9 Å². The highest BCUT2D eigenvalue weighted by atomic mass is 15.2. The summed E-state index contributed by atoms with van der Waals surface area (Å²) in [6.45, 7) is 2.19. The molecular formula is C49H37N3. The van der Waals surface area contributed by atoms with Gasteiger partial charge in [-0.25, -0.2) is 0 Å². The maximum Gasteiger partial charge on any atom is 0.0541 e. The van der Waals surface area contributed by atoms with Gasteiger partial charge >= 0.3 is 0 Å². The molecule has 1 aromatic heterocycles. The average Bonchev–Trinajstić information content (AvgIpc) is 3.55. The molecule has 0 spiro atoms. The highest BCUT2D eigenvalue weighted by molar-refractivity contribution is 6.09. The minimum Gasteiger partial charge on any atom is -0.310 e. The Morgan fingerprint density at radius 2 is 0.846 bits per heavy atom. The molecule has 52 heavy (non-hydrogen) atoms. The van der Waals surface area contributed by atoms with Crippen molar-refractivity contribution in [2.45, 2.75) is 6.92 Å². The lowest BCUT2D eigenvalue weighted by Crippen LogP contribution is -2.14. The van der Waals surface area contributed by atoms with Crippen LogP contribution >= 0.6 is 0 Å². The Kier molecular flexibility index (Phi) is 8.07. The monoisotopic (exact) mass is 667 g/mol. The third-order valence-electron chi connectivity index (χ3n) is 9.90. The molecule has 0 saturated heterocycles. The normalized spacial score (nSPS) is 11.2. The van der Waals surface area contributed by atoms with Crippen LogP contribution in [0, 0.1) is 6.92 Å². The fourth-order valence-corrected chi connectivity index (χ4v) is 7.48. The molecular weight excluding hydrogens is 631 g/mol. The van der Waals surface area contributed by atoms with Crippen molar-refractivity contribution in [3.63, 3.8) is 0 Å². The third kappa shape index (κ3) is 5.59. The van der Waals surface area contributed by atoms with Crippen molar-refractivity contribution in [1.82, 2.24) is 4.57 Å². The first kappa shape index (κ1) is 31.2. The summed E-state index contributed by atoms with van der Waals surface area (Å²) >= 11 is 0. The second-order valence-corrected chi connectivity index (χ2v) is 13.1. The molecule has 0 N–H and O–H groups in total. The SMILES string of the molecule is Cc1ccccc1N(c1ccccc1)c1ccc(N(c2ccccc2)c2ccccc2)cc1-c1ccc(-n2c3ccccc3c3ccccc32)cc1. The Morgan fingerprint density at radius 3 is 1.40 bits per heavy atom. The second kappa shape index (κ2) is 13.5. The summed E-state index contributed by atoms with van der Waals surface area (Å²) in [5, 5.41) is 2.52. The zero-order valence-corrected chi connectivity index (χ0v) is 29.0. The molecule has 248 valence electrons. The van der Waals surface area contributed by atoms with Crippen molar-refractivity contribution in [3.05, 3.63) is 212 Å². The smallest absolute Gasteiger partial charge is 0.0541 e. The van der Waals surface area contributed by atoms with Gasteiger partial charge in [-0.3, -0.25) is 0 Å². The summed E-state index contributed by atoms with van der Waals surface area (Å²) in [6, 6.07) is 73.9. The van der Waals surface area contributed by atoms with Gasteiger partial charge in [-0.2, -0.15) is 0 Å². The summed E-state index contributed by atoms with van der Waals surface area (Å²) < 4.78 is 2.38. The molecule has 8 aromatic carbocycles. The van der Waals surface area contributed by atoms with Gasteiger partial charge in [0.2, 0.25) is 0 Å². The van der Waals surface area contributed by atoms with Crippen LogP contribution in [0.25, 0.3) is 38.6 Å². The highest BCUT2D eigenvalue weighted by Crippen LogP contribution is 2.45. The topological polar surface area (TPSA) is 11.4 Å². The van der Waals surface area contributed by atoms with Crippen molar-refractivity contribution in [2.75, 3.05) is 9.80 Å². The molecule has 0 unspecified atom stereocenters. The number of nitrogens with zero attached hydrogens (tertiary/aromatic N) is 3. The number of aryl methyl sites for hydroxylation is 1. The number of rotatable bonds is 8. The maximum absolute atomic E-state index is 2.39. The van der Waals surface area contributed by atoms with Crippen molar-refractivity contribution in [3.8, 4) is 16.8 Å². The summed E-state index contributed by atoms with van der Waals surface area (Å²) in [4.78, 5) is 4.73. The average molecular weight is 668 g/mol. The van der Waals surface area contributed by atoms with Crippen LogP contribution in [0.3, 0.4) is 0 Å². The third-order valence-corrected chi connectivity index (χ3v) is 9.90. The van der Waals surface area contributed by atoms with E-state index in [0.717, 1.165) is 50.9 Å². The van der Waals surface area contributed by atoms with Gasteiger partial charge in [-0.15, -0.1) is 0 Å². The fourth-order valence-electron chi connectivity index (χ4n) is 7.48. The van der Waals surface area contributed by atoms with E-state index in [9.17, 15) is 0 Å². The fraction of sp³-hybridized carbons (Fsp3) is 0.0204. The molecule has 0 radical (unpaired) electrons. The van der Waals surface area contributed by atoms with E-state index >= 15 is 0 Å². The van der Waals surface area contributed by atoms with E-state index in [0.29, 0.717) is 0 Å². The number of aromatic nitrogens is 1. The van der Waals surface area contributed by atoms with E-state index in [1.807, 2.05) is 0 Å². The quantitative estimate of drug-likeness (QED) is 0.160. The van der Waals surface area contributed by atoms with E-state index < -0.39 is 0 Å². The molecule has 3 heteroatoms. The van der Waals surface area contributed by atoms with Crippen LogP contribution in [-0.2, 0) is 0 Å². The van der Waals surface area contributed by atoms with Gasteiger partial charge in [0.1, 0.15) is 0 Å². The Morgan fingerprint density at radius 1 is 0.365 bits per heavy atom. The molecule has 0 bridgehead atoms. The Bertz CT molecular complexity index is 2530. The first-order valence-corrected chi connectivity index (χ1v) is 17.8. The first-order chi connectivity index (χ1) is 25.7. The van der Waals surface area contributed by atoms with E-state index in [1.165, 1.54) is 27.4 Å². The van der Waals surface area contributed by atoms with Crippen LogP contribution in [0.15, 0.2) is 206 Å². The zero-order chi connectivity index (χ0) is 34.9. The number of hydrogen-bond acceptors (Lipinski definition) is 2. The lowest BCUT2D eigenvalue weighted by Gasteiger charge is -2.31. The van der Waals surface area contributed by atoms with Gasteiger partial charge < -0.3 is 14.4 Å². The van der Waals surface area contributed by atoms with Crippen molar-refractivity contribution in [2.24, 2.45) is 0 Å². The Balaban J connectivity index is 1.27. The van der Waals surface area contributed by atoms with E-state index in [-0.39, 0.29) is 0 Å². The molecule has 0 aliphatic carbocycles. The number of anilines is 6. The van der Waals surface area contributed by atoms with Gasteiger partial charge in [0.05, 0.1) is 16.7 Å². The predicted octanol–water partition coefficient (Wildman–Crippen LogP) is 13.7. The molecule has 0 aliphatic rings. The summed E-state index contributed by atoms with van der Waals surface area (Å²) in [5.41, 5.74) is 13.7. The molecule has 0 saturated carbocycles. The molecule has 0 atom stereocenters. The molecule has 0 fully saturated rings. The van der Waals surface area contributed by atoms with Crippen LogP contribution in [0.5, 0.6) is 0 Å². The molecule has 9 rings (SSSR count). The first-order valence-electron chi connectivity index (χ1n) is 17.8. The number of fused-ring (bicyclic) bond motifs is 3. The van der Waals surface area contributed by atoms with Crippen LogP contribution in [0.1, 0.15) is 5.56 Å². The number of hydrogen-bond donors (Lipinski definition) is 0. The van der Waals surface area contributed by atoms with Crippen LogP contribution < -0.4 is 9.80 Å². The second-order valence-electron chi connectivity index (χ2n) is 13.1. The van der Waals surface area contributed by atoms with E-state index in [2.05, 4.69) is 228 Å². The van der Waals surface area contributed by atoms with Gasteiger partial charge in [-0.05, 0) is 103 Å². The lowest BCUT2D eigenvalue weighted by atomic mass is 9.99. The molecule has 1 heterocycles. The molecule has 0 aliphatic heterocycles. The molecule has 3 nitrogen and oxygen atoms in total. The van der Waals surface area contributed by atoms with Gasteiger partial charge in [-0.1, -0.05) is 121 Å². The standard InChI is InChI=1S/C49H37N3/c1-36-17-11-14-26-46(36)51(40-22-9-4-10-23-40)49-34-33-42(50(38-18-5-2-6-19-38)39-20-7-3-8-21-39)35-45(49)37-29-31-41(32-30-37)52-47-27-15-12-24-43(47)44-25-13-16-28-48(44)52/h2-35H,1H3. The molecule has 0 amide bonds. The Hall–Kier alpha value is -6.84. The van der Waals surface area contributed by atoms with Gasteiger partial charge in [0.15, 0.2) is 0 Å². The highest BCUT2D eigenvalue weighted by Gasteiger charge is 2.22. The van der Waals surface area contributed by atoms with Crippen molar-refractivity contribution < 1.29 is 0 Å². The lowest BCUT2D eigenvalue weighted by molar-refractivity contribution is 1.18. The number of benzene rings is 8. The van der Waals surface area contributed by atoms with Crippen LogP contribution in [0.4, 0.5) is 34.1 Å². The molecule has 9 aromatic rings. The summed E-state index contributed by atoms with van der Waals surface area (Å²) in [6.07, 6.45) is 0. The van der Waals surface area contributed by atoms with E-state index in [1.54, 1.807) is 0 Å². The van der Waals surface area contributed by atoms with Gasteiger partial charge in [0.25, 0.3) is 0 Å². The van der Waals surface area contributed by atoms with Gasteiger partial charge in [0, 0.05) is 50.5 Å². The van der Waals surface area contributed by atoms with E-state index in [4.69, 9.17) is 0 Å². The van der Waals surface area contributed by atoms with Crippen LogP contribution in [-0.4, -0.2) is 4.57 Å². The summed E-state index contributed by atoms with van der Waals surface area (Å²) in [5.74, 6) is 0. The van der Waals surface area contributed by atoms with Crippen molar-refractivity contribution in [1.29, 1.82) is 0 Å². The minimum absolute atomic E-state index is 1.08. The minimum atomic E-state index is 1.08. The summed E-state index contributed by atoms with van der Waals surface area (Å²) in [7, 11) is 0. The maximum atomic E-state index is 2.39. The number of para-hydroxylation sites is 6. The largest absolute Gasteiger partial charge is 0.310 e. The Labute approximate surface area is 304 Å². The zero-order valence-electron chi connectivity index (χ0n) is 29.0. The predicted molar refractivity (Wildman–Crippen MR) is 220 cm³/mol. The van der Waals surface area contributed by atoms with Crippen LogP contribution in [0.2, 0.25) is 0 Å².